The second-order valence-corrected chi connectivity index (χ2v) is 6.54. The molecule has 0 aliphatic heterocycles. The number of carbonyl (C=O) groups excluding carboxylic acids is 2. The number of ether oxygens (including phenoxy) is 1. The average Bonchev–Trinajstić information content (AvgIpc) is 3.15. The molecule has 0 spiro atoms. The summed E-state index contributed by atoms with van der Waals surface area (Å²) in [5, 5.41) is 11.2. The minimum Gasteiger partial charge on any atom is -0.455 e. The summed E-state index contributed by atoms with van der Waals surface area (Å²) in [4.78, 5) is 37.4. The Morgan fingerprint density at radius 2 is 2.00 bits per heavy atom. The van der Waals surface area contributed by atoms with Crippen LogP contribution in [0.25, 0.3) is 10.8 Å². The van der Waals surface area contributed by atoms with Gasteiger partial charge in [-0.2, -0.15) is 16.4 Å². The number of thiophene rings is 1. The number of nitrogens with one attached hydrogen (secondary N) is 1. The minimum absolute atomic E-state index is 0.126. The zero-order chi connectivity index (χ0) is 18.5. The highest BCUT2D eigenvalue weighted by Crippen LogP contribution is 2.13. The fraction of sp³-hybridized carbons (Fsp3) is 0.222. The lowest BCUT2D eigenvalue weighted by atomic mass is 10.1. The van der Waals surface area contributed by atoms with E-state index in [1.165, 1.54) is 4.90 Å². The summed E-state index contributed by atoms with van der Waals surface area (Å²) >= 11 is 1.56. The standard InChI is InChI=1S/C18H17N3O4S/c1-21(9-12-6-7-26-11-12)16(22)10-25-17(23)8-15-13-4-2-3-5-14(13)18(24)20-19-15/h2-7,11H,8-10H2,1H3,(H,20,24). The first kappa shape index (κ1) is 17.8. The lowest BCUT2D eigenvalue weighted by Crippen LogP contribution is -2.31. The maximum absolute atomic E-state index is 12.1. The summed E-state index contributed by atoms with van der Waals surface area (Å²) in [7, 11) is 1.66. The van der Waals surface area contributed by atoms with E-state index < -0.39 is 5.97 Å². The molecular weight excluding hydrogens is 354 g/mol. The predicted molar refractivity (Wildman–Crippen MR) is 97.8 cm³/mol. The maximum atomic E-state index is 12.1. The van der Waals surface area contributed by atoms with E-state index in [2.05, 4.69) is 10.2 Å². The van der Waals surface area contributed by atoms with Crippen LogP contribution in [0.5, 0.6) is 0 Å². The molecule has 26 heavy (non-hydrogen) atoms. The van der Waals surface area contributed by atoms with Crippen LogP contribution in [0, 0.1) is 0 Å². The Balaban J connectivity index is 1.58. The van der Waals surface area contributed by atoms with Crippen LogP contribution in [0.4, 0.5) is 0 Å². The number of likely N-dealkylation sites (N-methyl/N-ethyl adjacent to an activating group) is 1. The maximum Gasteiger partial charge on any atom is 0.312 e. The van der Waals surface area contributed by atoms with Gasteiger partial charge in [-0.25, -0.2) is 5.10 Å². The fourth-order valence-electron chi connectivity index (χ4n) is 2.49. The molecule has 1 amide bonds. The second-order valence-electron chi connectivity index (χ2n) is 5.76. The molecule has 134 valence electrons. The van der Waals surface area contributed by atoms with E-state index in [-0.39, 0.29) is 24.5 Å². The van der Waals surface area contributed by atoms with Crippen LogP contribution in [-0.2, 0) is 27.3 Å². The van der Waals surface area contributed by atoms with Gasteiger partial charge in [-0.05, 0) is 28.5 Å². The largest absolute Gasteiger partial charge is 0.455 e. The number of benzene rings is 1. The van der Waals surface area contributed by atoms with Gasteiger partial charge >= 0.3 is 5.97 Å². The number of hydrogen-bond acceptors (Lipinski definition) is 6. The smallest absolute Gasteiger partial charge is 0.312 e. The Morgan fingerprint density at radius 3 is 2.73 bits per heavy atom. The van der Waals surface area contributed by atoms with Crippen LogP contribution in [0.15, 0.2) is 45.9 Å². The number of aromatic amines is 1. The second kappa shape index (κ2) is 7.92. The van der Waals surface area contributed by atoms with E-state index in [9.17, 15) is 14.4 Å². The Kier molecular flexibility index (Phi) is 5.43. The fourth-order valence-corrected chi connectivity index (χ4v) is 3.15. The van der Waals surface area contributed by atoms with Gasteiger partial charge in [0.25, 0.3) is 11.5 Å². The molecule has 8 heteroatoms. The molecule has 0 aliphatic rings. The Bertz CT molecular complexity index is 982. The SMILES string of the molecule is CN(Cc1ccsc1)C(=O)COC(=O)Cc1n[nH]c(=O)c2ccccc12. The first-order chi connectivity index (χ1) is 12.5. The molecule has 2 aromatic heterocycles. The van der Waals surface area contributed by atoms with Gasteiger partial charge in [0.1, 0.15) is 0 Å². The van der Waals surface area contributed by atoms with Gasteiger partial charge in [0.05, 0.1) is 17.5 Å². The lowest BCUT2D eigenvalue weighted by Gasteiger charge is -2.16. The van der Waals surface area contributed by atoms with Crippen molar-refractivity contribution in [2.75, 3.05) is 13.7 Å². The first-order valence-electron chi connectivity index (χ1n) is 7.91. The molecule has 3 rings (SSSR count). The number of H-pyrrole nitrogens is 1. The number of rotatable bonds is 6. The molecule has 3 aromatic rings. The molecule has 0 aliphatic carbocycles. The van der Waals surface area contributed by atoms with E-state index in [4.69, 9.17) is 4.74 Å². The summed E-state index contributed by atoms with van der Waals surface area (Å²) in [6.07, 6.45) is -0.126. The monoisotopic (exact) mass is 371 g/mol. The zero-order valence-corrected chi connectivity index (χ0v) is 14.9. The molecule has 1 aromatic carbocycles. The van der Waals surface area contributed by atoms with E-state index in [0.717, 1.165) is 5.56 Å². The number of amides is 1. The van der Waals surface area contributed by atoms with E-state index in [1.54, 1.807) is 42.6 Å². The highest BCUT2D eigenvalue weighted by Gasteiger charge is 2.15. The molecule has 0 saturated heterocycles. The summed E-state index contributed by atoms with van der Waals surface area (Å²) in [6.45, 7) is 0.132. The molecule has 1 N–H and O–H groups in total. The van der Waals surface area contributed by atoms with Crippen LogP contribution < -0.4 is 5.56 Å². The average molecular weight is 371 g/mol. The topological polar surface area (TPSA) is 92.4 Å². The molecule has 7 nitrogen and oxygen atoms in total. The summed E-state index contributed by atoms with van der Waals surface area (Å²) < 4.78 is 5.07. The van der Waals surface area contributed by atoms with Crippen molar-refractivity contribution in [1.29, 1.82) is 0 Å². The van der Waals surface area contributed by atoms with Crippen molar-refractivity contribution in [2.24, 2.45) is 0 Å². The zero-order valence-electron chi connectivity index (χ0n) is 14.1. The Hall–Kier alpha value is -3.00. The number of hydrogen-bond donors (Lipinski definition) is 1. The van der Waals surface area contributed by atoms with Crippen molar-refractivity contribution in [3.05, 3.63) is 62.7 Å². The first-order valence-corrected chi connectivity index (χ1v) is 8.86. The van der Waals surface area contributed by atoms with Crippen molar-refractivity contribution < 1.29 is 14.3 Å². The van der Waals surface area contributed by atoms with Crippen molar-refractivity contribution in [2.45, 2.75) is 13.0 Å². The molecule has 0 radical (unpaired) electrons. The molecular formula is C18H17N3O4S. The molecule has 0 unspecified atom stereocenters. The Labute approximate surface area is 153 Å². The summed E-state index contributed by atoms with van der Waals surface area (Å²) in [5.41, 5.74) is 1.12. The van der Waals surface area contributed by atoms with E-state index >= 15 is 0 Å². The third-order valence-corrected chi connectivity index (χ3v) is 4.60. The lowest BCUT2D eigenvalue weighted by molar-refractivity contribution is -0.151. The van der Waals surface area contributed by atoms with Crippen molar-refractivity contribution in [1.82, 2.24) is 15.1 Å². The molecule has 0 fully saturated rings. The van der Waals surface area contributed by atoms with E-state index in [0.29, 0.717) is 23.0 Å². The number of fused-ring (bicyclic) bond motifs is 1. The number of nitrogens with zero attached hydrogens (tertiary/aromatic N) is 2. The van der Waals surface area contributed by atoms with Crippen molar-refractivity contribution >= 4 is 34.0 Å². The number of aromatic nitrogens is 2. The predicted octanol–water partition coefficient (Wildman–Crippen LogP) is 1.73. The van der Waals surface area contributed by atoms with Crippen LogP contribution in [-0.4, -0.2) is 40.6 Å². The van der Waals surface area contributed by atoms with Gasteiger partial charge < -0.3 is 9.64 Å². The van der Waals surface area contributed by atoms with Gasteiger partial charge in [0.15, 0.2) is 6.61 Å². The van der Waals surface area contributed by atoms with Crippen LogP contribution in [0.3, 0.4) is 0 Å². The van der Waals surface area contributed by atoms with Crippen molar-refractivity contribution in [3.8, 4) is 0 Å². The van der Waals surface area contributed by atoms with Crippen molar-refractivity contribution in [3.63, 3.8) is 0 Å². The normalized spacial score (nSPS) is 10.7. The van der Waals surface area contributed by atoms with Crippen LogP contribution in [0.1, 0.15) is 11.3 Å². The quantitative estimate of drug-likeness (QED) is 0.666. The molecule has 0 bridgehead atoms. The van der Waals surface area contributed by atoms with Gasteiger partial charge in [0.2, 0.25) is 0 Å². The summed E-state index contributed by atoms with van der Waals surface area (Å²) in [5.74, 6) is -0.865. The Morgan fingerprint density at radius 1 is 1.23 bits per heavy atom. The summed E-state index contributed by atoms with van der Waals surface area (Å²) in [6, 6.07) is 8.82. The third kappa shape index (κ3) is 4.15. The van der Waals surface area contributed by atoms with E-state index in [1.807, 2.05) is 16.8 Å². The number of esters is 1. The molecule has 0 saturated carbocycles. The van der Waals surface area contributed by atoms with Crippen LogP contribution >= 0.6 is 11.3 Å². The van der Waals surface area contributed by atoms with Gasteiger partial charge in [-0.1, -0.05) is 18.2 Å². The minimum atomic E-state index is -0.577. The highest BCUT2D eigenvalue weighted by atomic mass is 32.1. The van der Waals surface area contributed by atoms with Gasteiger partial charge in [0, 0.05) is 19.0 Å². The molecule has 2 heterocycles. The van der Waals surface area contributed by atoms with Crippen LogP contribution in [0.2, 0.25) is 0 Å². The third-order valence-electron chi connectivity index (χ3n) is 3.87. The molecule has 0 atom stereocenters. The van der Waals surface area contributed by atoms with Gasteiger partial charge in [-0.15, -0.1) is 0 Å². The number of carbonyl (C=O) groups is 2. The highest BCUT2D eigenvalue weighted by molar-refractivity contribution is 7.07. The van der Waals surface area contributed by atoms with Gasteiger partial charge in [-0.3, -0.25) is 14.4 Å².